The van der Waals surface area contributed by atoms with E-state index in [1.54, 1.807) is 9.80 Å². The first-order valence-electron chi connectivity index (χ1n) is 8.15. The number of piperazine rings is 1. The summed E-state index contributed by atoms with van der Waals surface area (Å²) in [5.41, 5.74) is 0. The third-order valence-electron chi connectivity index (χ3n) is 4.35. The first kappa shape index (κ1) is 21.8. The Bertz CT molecular complexity index is 470. The van der Waals surface area contributed by atoms with Crippen molar-refractivity contribution in [3.05, 3.63) is 0 Å². The fourth-order valence-corrected chi connectivity index (χ4v) is 2.84. The lowest BCUT2D eigenvalue weighted by Crippen LogP contribution is -2.57. The number of hydrogen-bond acceptors (Lipinski definition) is 10. The molecule has 0 amide bonds. The van der Waals surface area contributed by atoms with Crippen molar-refractivity contribution in [2.75, 3.05) is 54.6 Å². The van der Waals surface area contributed by atoms with Crippen LogP contribution in [0.5, 0.6) is 0 Å². The van der Waals surface area contributed by atoms with Crippen LogP contribution in [-0.4, -0.2) is 100 Å². The molecule has 0 aliphatic carbocycles. The lowest BCUT2D eigenvalue weighted by molar-refractivity contribution is -0.157. The second-order valence-electron chi connectivity index (χ2n) is 5.71. The molecule has 1 fully saturated rings. The van der Waals surface area contributed by atoms with Crippen LogP contribution in [0.25, 0.3) is 0 Å². The largest absolute Gasteiger partial charge is 0.469 e. The van der Waals surface area contributed by atoms with Gasteiger partial charge in [0.2, 0.25) is 0 Å². The molecule has 2 atom stereocenters. The first-order chi connectivity index (χ1) is 12.4. The highest BCUT2D eigenvalue weighted by Gasteiger charge is 2.36. The number of esters is 4. The molecule has 10 nitrogen and oxygen atoms in total. The van der Waals surface area contributed by atoms with Gasteiger partial charge in [0, 0.05) is 26.2 Å². The van der Waals surface area contributed by atoms with Gasteiger partial charge in [0.25, 0.3) is 0 Å². The molecule has 0 unspecified atom stereocenters. The maximum absolute atomic E-state index is 12.0. The van der Waals surface area contributed by atoms with Gasteiger partial charge in [-0.1, -0.05) is 0 Å². The predicted octanol–water partition coefficient (Wildman–Crippen LogP) is -1.19. The highest BCUT2D eigenvalue weighted by Crippen LogP contribution is 2.16. The minimum Gasteiger partial charge on any atom is -0.469 e. The Morgan fingerprint density at radius 1 is 0.654 bits per heavy atom. The van der Waals surface area contributed by atoms with E-state index >= 15 is 0 Å². The maximum atomic E-state index is 12.0. The van der Waals surface area contributed by atoms with Crippen molar-refractivity contribution < 1.29 is 38.1 Å². The molecule has 0 N–H and O–H groups in total. The second-order valence-corrected chi connectivity index (χ2v) is 5.71. The van der Waals surface area contributed by atoms with Crippen molar-refractivity contribution in [3.8, 4) is 0 Å². The van der Waals surface area contributed by atoms with Crippen molar-refractivity contribution in [1.82, 2.24) is 9.80 Å². The van der Waals surface area contributed by atoms with Gasteiger partial charge in [-0.3, -0.25) is 29.0 Å². The molecular weight excluding hydrogens is 348 g/mol. The summed E-state index contributed by atoms with van der Waals surface area (Å²) in [5.74, 6) is -2.08. The number of nitrogens with zero attached hydrogens (tertiary/aromatic N) is 2. The van der Waals surface area contributed by atoms with Gasteiger partial charge in [-0.25, -0.2) is 0 Å². The summed E-state index contributed by atoms with van der Waals surface area (Å²) >= 11 is 0. The van der Waals surface area contributed by atoms with Crippen LogP contribution in [0.15, 0.2) is 0 Å². The molecule has 1 heterocycles. The van der Waals surface area contributed by atoms with Gasteiger partial charge in [-0.05, 0) is 0 Å². The van der Waals surface area contributed by atoms with Crippen LogP contribution in [0.4, 0.5) is 0 Å². The molecule has 0 saturated carbocycles. The zero-order valence-electron chi connectivity index (χ0n) is 15.6. The number of hydrogen-bond donors (Lipinski definition) is 0. The summed E-state index contributed by atoms with van der Waals surface area (Å²) in [6.45, 7) is 1.63. The molecule has 1 aliphatic heterocycles. The third kappa shape index (κ3) is 5.95. The number of rotatable bonds is 8. The minimum atomic E-state index is -0.758. The van der Waals surface area contributed by atoms with Crippen LogP contribution in [0, 0.1) is 0 Å². The Kier molecular flexibility index (Phi) is 9.00. The number of methoxy groups -OCH3 is 4. The standard InChI is InChI=1S/C16H26N2O8/c1-23-13(19)9-11(15(21)25-3)17-5-7-18(8-6-17)12(16(22)26-4)10-14(20)24-2/h11-12H,5-10H2,1-4H3/t11-,12+. The molecule has 0 spiro atoms. The monoisotopic (exact) mass is 374 g/mol. The first-order valence-corrected chi connectivity index (χ1v) is 8.15. The molecule has 0 aromatic carbocycles. The number of carbonyl (C=O) groups is 4. The van der Waals surface area contributed by atoms with Crippen LogP contribution in [0.2, 0.25) is 0 Å². The van der Waals surface area contributed by atoms with Gasteiger partial charge >= 0.3 is 23.9 Å². The molecule has 148 valence electrons. The molecular formula is C16H26N2O8. The van der Waals surface area contributed by atoms with Crippen molar-refractivity contribution in [2.24, 2.45) is 0 Å². The second kappa shape index (κ2) is 10.7. The van der Waals surface area contributed by atoms with Crippen molar-refractivity contribution >= 4 is 23.9 Å². The third-order valence-corrected chi connectivity index (χ3v) is 4.35. The SMILES string of the molecule is COC(=O)C[C@H](C(=O)OC)N1CCN([C@@H](CC(=O)OC)C(=O)OC)CC1. The zero-order valence-corrected chi connectivity index (χ0v) is 15.6. The molecule has 1 aliphatic rings. The van der Waals surface area contributed by atoms with Crippen LogP contribution in [-0.2, 0) is 38.1 Å². The van der Waals surface area contributed by atoms with Gasteiger partial charge in [-0.15, -0.1) is 0 Å². The average molecular weight is 374 g/mol. The topological polar surface area (TPSA) is 112 Å². The molecule has 26 heavy (non-hydrogen) atoms. The fraction of sp³-hybridized carbons (Fsp3) is 0.750. The van der Waals surface area contributed by atoms with E-state index < -0.39 is 36.0 Å². The Hall–Kier alpha value is -2.20. The van der Waals surface area contributed by atoms with Crippen molar-refractivity contribution in [2.45, 2.75) is 24.9 Å². The van der Waals surface area contributed by atoms with E-state index in [-0.39, 0.29) is 12.8 Å². The minimum absolute atomic E-state index is 0.119. The van der Waals surface area contributed by atoms with Crippen LogP contribution in [0.1, 0.15) is 12.8 Å². The van der Waals surface area contributed by atoms with Crippen molar-refractivity contribution in [1.29, 1.82) is 0 Å². The lowest BCUT2D eigenvalue weighted by atomic mass is 10.1. The molecule has 0 aromatic heterocycles. The number of ether oxygens (including phenoxy) is 4. The fourth-order valence-electron chi connectivity index (χ4n) is 2.84. The quantitative estimate of drug-likeness (QED) is 0.380. The molecule has 1 rings (SSSR count). The Morgan fingerprint density at radius 3 is 1.19 bits per heavy atom. The van der Waals surface area contributed by atoms with E-state index in [0.717, 1.165) is 0 Å². The Morgan fingerprint density at radius 2 is 0.962 bits per heavy atom. The lowest BCUT2D eigenvalue weighted by Gasteiger charge is -2.40. The van der Waals surface area contributed by atoms with Gasteiger partial charge in [0.1, 0.15) is 12.1 Å². The van der Waals surface area contributed by atoms with E-state index in [9.17, 15) is 19.2 Å². The zero-order chi connectivity index (χ0) is 19.7. The summed E-state index contributed by atoms with van der Waals surface area (Å²) in [7, 11) is 5.02. The van der Waals surface area contributed by atoms with Crippen LogP contribution < -0.4 is 0 Å². The summed E-state index contributed by atoms with van der Waals surface area (Å²) in [6, 6.07) is -1.52. The Balaban J connectivity index is 2.77. The molecule has 0 radical (unpaired) electrons. The summed E-state index contributed by atoms with van der Waals surface area (Å²) in [5, 5.41) is 0. The van der Waals surface area contributed by atoms with E-state index in [1.165, 1.54) is 28.4 Å². The van der Waals surface area contributed by atoms with E-state index in [0.29, 0.717) is 26.2 Å². The Labute approximate surface area is 152 Å². The van der Waals surface area contributed by atoms with Gasteiger partial charge in [0.05, 0.1) is 41.3 Å². The highest BCUT2D eigenvalue weighted by molar-refractivity contribution is 5.83. The maximum Gasteiger partial charge on any atom is 0.323 e. The van der Waals surface area contributed by atoms with Crippen LogP contribution >= 0.6 is 0 Å². The van der Waals surface area contributed by atoms with E-state index in [1.807, 2.05) is 0 Å². The summed E-state index contributed by atoms with van der Waals surface area (Å²) in [6.07, 6.45) is -0.239. The van der Waals surface area contributed by atoms with Crippen LogP contribution in [0.3, 0.4) is 0 Å². The van der Waals surface area contributed by atoms with E-state index in [4.69, 9.17) is 9.47 Å². The van der Waals surface area contributed by atoms with Gasteiger partial charge in [-0.2, -0.15) is 0 Å². The van der Waals surface area contributed by atoms with Crippen molar-refractivity contribution in [3.63, 3.8) is 0 Å². The average Bonchev–Trinajstić information content (AvgIpc) is 2.68. The highest BCUT2D eigenvalue weighted by atomic mass is 16.5. The number of carbonyl (C=O) groups excluding carboxylic acids is 4. The van der Waals surface area contributed by atoms with Gasteiger partial charge in [0.15, 0.2) is 0 Å². The van der Waals surface area contributed by atoms with E-state index in [2.05, 4.69) is 9.47 Å². The molecule has 0 bridgehead atoms. The normalized spacial score (nSPS) is 17.7. The molecule has 0 aromatic rings. The predicted molar refractivity (Wildman–Crippen MR) is 88.0 cm³/mol. The summed E-state index contributed by atoms with van der Waals surface area (Å²) in [4.78, 5) is 50.7. The molecule has 10 heteroatoms. The molecule has 1 saturated heterocycles. The summed E-state index contributed by atoms with van der Waals surface area (Å²) < 4.78 is 18.8. The van der Waals surface area contributed by atoms with Gasteiger partial charge < -0.3 is 18.9 Å². The smallest absolute Gasteiger partial charge is 0.323 e.